The highest BCUT2D eigenvalue weighted by Crippen LogP contribution is 2.23. The van der Waals surface area contributed by atoms with Gasteiger partial charge in [-0.15, -0.1) is 11.3 Å². The topological polar surface area (TPSA) is 57.6 Å². The number of likely N-dealkylation sites (tertiary alicyclic amines) is 1. The highest BCUT2D eigenvalue weighted by Gasteiger charge is 2.30. The third-order valence-electron chi connectivity index (χ3n) is 2.84. The third-order valence-corrected chi connectivity index (χ3v) is 4.08. The molecule has 6 heteroatoms. The van der Waals surface area contributed by atoms with Crippen molar-refractivity contribution >= 4 is 34.8 Å². The minimum Gasteiger partial charge on any atom is -0.481 e. The van der Waals surface area contributed by atoms with Gasteiger partial charge in [-0.3, -0.25) is 9.59 Å². The molecule has 0 radical (unpaired) electrons. The Balaban J connectivity index is 1.91. The molecule has 4 nitrogen and oxygen atoms in total. The van der Waals surface area contributed by atoms with Crippen LogP contribution in [0.1, 0.15) is 11.3 Å². The van der Waals surface area contributed by atoms with E-state index in [2.05, 4.69) is 0 Å². The monoisotopic (exact) mass is 273 g/mol. The lowest BCUT2D eigenvalue weighted by molar-refractivity contribution is -0.141. The SMILES string of the molecule is O=C(O)C1CCN(C(=O)Cc2ccc(Cl)s2)C1. The van der Waals surface area contributed by atoms with Crippen LogP contribution in [0.2, 0.25) is 4.34 Å². The fraction of sp³-hybridized carbons (Fsp3) is 0.455. The van der Waals surface area contributed by atoms with Crippen molar-refractivity contribution < 1.29 is 14.7 Å². The number of carbonyl (C=O) groups is 2. The summed E-state index contributed by atoms with van der Waals surface area (Å²) in [5.74, 6) is -1.25. The van der Waals surface area contributed by atoms with Gasteiger partial charge in [-0.05, 0) is 18.6 Å². The molecule has 2 heterocycles. The lowest BCUT2D eigenvalue weighted by atomic mass is 10.1. The highest BCUT2D eigenvalue weighted by atomic mass is 35.5. The molecule has 1 aliphatic heterocycles. The summed E-state index contributed by atoms with van der Waals surface area (Å²) in [5.41, 5.74) is 0. The Morgan fingerprint density at radius 1 is 1.53 bits per heavy atom. The molecule has 1 aromatic heterocycles. The summed E-state index contributed by atoms with van der Waals surface area (Å²) >= 11 is 7.17. The van der Waals surface area contributed by atoms with Crippen molar-refractivity contribution in [1.29, 1.82) is 0 Å². The molecule has 0 bridgehead atoms. The largest absolute Gasteiger partial charge is 0.481 e. The third kappa shape index (κ3) is 2.98. The van der Waals surface area contributed by atoms with Crippen LogP contribution in [0, 0.1) is 5.92 Å². The average Bonchev–Trinajstić information content (AvgIpc) is 2.86. The molecule has 1 amide bonds. The van der Waals surface area contributed by atoms with E-state index >= 15 is 0 Å². The maximum Gasteiger partial charge on any atom is 0.308 e. The number of amides is 1. The first-order valence-corrected chi connectivity index (χ1v) is 6.50. The van der Waals surface area contributed by atoms with E-state index in [1.807, 2.05) is 6.07 Å². The van der Waals surface area contributed by atoms with Crippen LogP contribution in [-0.4, -0.2) is 35.0 Å². The molecule has 0 aromatic carbocycles. The van der Waals surface area contributed by atoms with Crippen molar-refractivity contribution in [3.05, 3.63) is 21.3 Å². The molecule has 1 aliphatic rings. The Morgan fingerprint density at radius 2 is 2.29 bits per heavy atom. The number of rotatable bonds is 3. The molecule has 1 N–H and O–H groups in total. The molecule has 92 valence electrons. The Bertz CT molecular complexity index is 446. The number of thiophene rings is 1. The molecular weight excluding hydrogens is 262 g/mol. The van der Waals surface area contributed by atoms with Gasteiger partial charge in [0, 0.05) is 18.0 Å². The fourth-order valence-corrected chi connectivity index (χ4v) is 2.97. The van der Waals surface area contributed by atoms with Gasteiger partial charge in [0.25, 0.3) is 0 Å². The molecule has 1 saturated heterocycles. The van der Waals surface area contributed by atoms with Crippen LogP contribution < -0.4 is 0 Å². The van der Waals surface area contributed by atoms with Crippen LogP contribution in [0.5, 0.6) is 0 Å². The summed E-state index contributed by atoms with van der Waals surface area (Å²) in [6.45, 7) is 0.863. The van der Waals surface area contributed by atoms with Gasteiger partial charge in [0.15, 0.2) is 0 Å². The molecular formula is C11H12ClNO3S. The van der Waals surface area contributed by atoms with Gasteiger partial charge in [-0.2, -0.15) is 0 Å². The molecule has 0 aliphatic carbocycles. The van der Waals surface area contributed by atoms with Crippen molar-refractivity contribution in [3.8, 4) is 0 Å². The van der Waals surface area contributed by atoms with E-state index in [-0.39, 0.29) is 5.91 Å². The van der Waals surface area contributed by atoms with Gasteiger partial charge in [0.2, 0.25) is 5.91 Å². The van der Waals surface area contributed by atoms with Crippen LogP contribution in [0.15, 0.2) is 12.1 Å². The van der Waals surface area contributed by atoms with Gasteiger partial charge < -0.3 is 10.0 Å². The van der Waals surface area contributed by atoms with Gasteiger partial charge in [-0.25, -0.2) is 0 Å². The average molecular weight is 274 g/mol. The first kappa shape index (κ1) is 12.4. The van der Waals surface area contributed by atoms with Gasteiger partial charge in [0.1, 0.15) is 0 Å². The highest BCUT2D eigenvalue weighted by molar-refractivity contribution is 7.16. The van der Waals surface area contributed by atoms with Crippen molar-refractivity contribution in [3.63, 3.8) is 0 Å². The van der Waals surface area contributed by atoms with Gasteiger partial charge in [-0.1, -0.05) is 11.6 Å². The van der Waals surface area contributed by atoms with Crippen molar-refractivity contribution in [2.75, 3.05) is 13.1 Å². The van der Waals surface area contributed by atoms with Crippen LogP contribution >= 0.6 is 22.9 Å². The predicted octanol–water partition coefficient (Wildman–Crippen LogP) is 1.88. The van der Waals surface area contributed by atoms with E-state index in [1.54, 1.807) is 11.0 Å². The number of carbonyl (C=O) groups excluding carboxylic acids is 1. The van der Waals surface area contributed by atoms with E-state index in [0.29, 0.717) is 30.3 Å². The quantitative estimate of drug-likeness (QED) is 0.915. The second-order valence-corrected chi connectivity index (χ2v) is 5.85. The summed E-state index contributed by atoms with van der Waals surface area (Å²) in [6, 6.07) is 3.59. The van der Waals surface area contributed by atoms with E-state index in [4.69, 9.17) is 16.7 Å². The molecule has 17 heavy (non-hydrogen) atoms. The van der Waals surface area contributed by atoms with E-state index in [1.165, 1.54) is 11.3 Å². The van der Waals surface area contributed by atoms with E-state index in [0.717, 1.165) is 4.88 Å². The summed E-state index contributed by atoms with van der Waals surface area (Å²) in [6.07, 6.45) is 0.857. The first-order valence-electron chi connectivity index (χ1n) is 5.31. The molecule has 2 rings (SSSR count). The van der Waals surface area contributed by atoms with Crippen molar-refractivity contribution in [2.24, 2.45) is 5.92 Å². The molecule has 1 unspecified atom stereocenters. The number of hydrogen-bond acceptors (Lipinski definition) is 3. The van der Waals surface area contributed by atoms with Crippen LogP contribution in [0.25, 0.3) is 0 Å². The lowest BCUT2D eigenvalue weighted by Gasteiger charge is -2.14. The Kier molecular flexibility index (Phi) is 3.69. The minimum atomic E-state index is -0.820. The second-order valence-electron chi connectivity index (χ2n) is 4.05. The number of carboxylic acids is 1. The predicted molar refractivity (Wildman–Crippen MR) is 65.4 cm³/mol. The number of aliphatic carboxylic acids is 1. The number of hydrogen-bond donors (Lipinski definition) is 1. The molecule has 1 atom stereocenters. The zero-order chi connectivity index (χ0) is 12.4. The maximum atomic E-state index is 11.9. The van der Waals surface area contributed by atoms with Crippen LogP contribution in [-0.2, 0) is 16.0 Å². The number of halogens is 1. The first-order chi connectivity index (χ1) is 8.06. The molecule has 0 saturated carbocycles. The summed E-state index contributed by atoms with van der Waals surface area (Å²) in [7, 11) is 0. The Hall–Kier alpha value is -1.07. The zero-order valence-electron chi connectivity index (χ0n) is 9.06. The van der Waals surface area contributed by atoms with E-state index in [9.17, 15) is 9.59 Å². The summed E-state index contributed by atoms with van der Waals surface area (Å²) < 4.78 is 0.664. The Labute approximate surface area is 108 Å². The molecule has 0 spiro atoms. The van der Waals surface area contributed by atoms with Crippen LogP contribution in [0.3, 0.4) is 0 Å². The summed E-state index contributed by atoms with van der Waals surface area (Å²) in [4.78, 5) is 25.2. The zero-order valence-corrected chi connectivity index (χ0v) is 10.6. The van der Waals surface area contributed by atoms with Crippen molar-refractivity contribution in [1.82, 2.24) is 4.90 Å². The van der Waals surface area contributed by atoms with Gasteiger partial charge >= 0.3 is 5.97 Å². The number of carboxylic acid groups (broad SMARTS) is 1. The fourth-order valence-electron chi connectivity index (χ4n) is 1.90. The van der Waals surface area contributed by atoms with E-state index < -0.39 is 11.9 Å². The minimum absolute atomic E-state index is 0.0210. The normalized spacial score (nSPS) is 19.6. The molecule has 1 fully saturated rings. The maximum absolute atomic E-state index is 11.9. The standard InChI is InChI=1S/C11H12ClNO3S/c12-9-2-1-8(17-9)5-10(14)13-4-3-7(6-13)11(15)16/h1-2,7H,3-6H2,(H,15,16). The smallest absolute Gasteiger partial charge is 0.308 e. The number of nitrogens with zero attached hydrogens (tertiary/aromatic N) is 1. The molecule has 1 aromatic rings. The Morgan fingerprint density at radius 3 is 2.82 bits per heavy atom. The second kappa shape index (κ2) is 5.06. The van der Waals surface area contributed by atoms with Gasteiger partial charge in [0.05, 0.1) is 16.7 Å². The lowest BCUT2D eigenvalue weighted by Crippen LogP contribution is -2.30. The summed E-state index contributed by atoms with van der Waals surface area (Å²) in [5, 5.41) is 8.85. The van der Waals surface area contributed by atoms with Crippen molar-refractivity contribution in [2.45, 2.75) is 12.8 Å². The van der Waals surface area contributed by atoms with Crippen LogP contribution in [0.4, 0.5) is 0 Å².